The molecule has 0 bridgehead atoms. The molecule has 2 fully saturated rings. The molecule has 8 unspecified atom stereocenters. The number of carboxylic acid groups (broad SMARTS) is 2. The number of carbonyl (C=O) groups excluding carboxylic acids is 2. The van der Waals surface area contributed by atoms with E-state index in [4.69, 9.17) is 0 Å². The van der Waals surface area contributed by atoms with E-state index in [9.17, 15) is 19.8 Å². The first kappa shape index (κ1) is 36.2. The first-order chi connectivity index (χ1) is 20.6. The van der Waals surface area contributed by atoms with E-state index in [-0.39, 0.29) is 39.4 Å². The standard InChI is InChI=1S/2C20H30O2.Co/c2*1-13(2)14-6-8-16-15(12-14)7-9-17-19(16,3)10-5-11-20(17,4)18(21)22;/h2*7,12-13,16-17H,5-6,8-11H2,1-4H3,(H,21,22);/q;;+2/p-2. The van der Waals surface area contributed by atoms with Gasteiger partial charge in [0.05, 0.1) is 0 Å². The molecule has 0 aromatic heterocycles. The third-order valence-corrected chi connectivity index (χ3v) is 14.1. The number of carboxylic acids is 2. The number of hydrogen-bond donors (Lipinski definition) is 0. The van der Waals surface area contributed by atoms with Crippen LogP contribution in [0.25, 0.3) is 0 Å². The third-order valence-electron chi connectivity index (χ3n) is 14.1. The smallest absolute Gasteiger partial charge is 0.550 e. The van der Waals surface area contributed by atoms with Crippen LogP contribution < -0.4 is 10.2 Å². The Morgan fingerprint density at radius 2 is 1.02 bits per heavy atom. The molecule has 6 aliphatic carbocycles. The van der Waals surface area contributed by atoms with Gasteiger partial charge in [0.15, 0.2) is 0 Å². The topological polar surface area (TPSA) is 80.3 Å². The molecule has 0 saturated heterocycles. The second-order valence-electron chi connectivity index (χ2n) is 17.0. The first-order valence-electron chi connectivity index (χ1n) is 17.8. The maximum atomic E-state index is 11.8. The fourth-order valence-electron chi connectivity index (χ4n) is 11.2. The predicted molar refractivity (Wildman–Crippen MR) is 174 cm³/mol. The molecule has 0 aliphatic heterocycles. The molecule has 45 heavy (non-hydrogen) atoms. The molecule has 0 aromatic carbocycles. The summed E-state index contributed by atoms with van der Waals surface area (Å²) in [6.07, 6.45) is 21.9. The van der Waals surface area contributed by atoms with E-state index in [0.29, 0.717) is 23.7 Å². The van der Waals surface area contributed by atoms with Crippen molar-refractivity contribution in [2.24, 2.45) is 57.2 Å². The molecule has 6 rings (SSSR count). The summed E-state index contributed by atoms with van der Waals surface area (Å²) in [5.41, 5.74) is 5.01. The van der Waals surface area contributed by atoms with Crippen LogP contribution in [-0.2, 0) is 26.4 Å². The van der Waals surface area contributed by atoms with Crippen LogP contribution in [0.2, 0.25) is 0 Å². The van der Waals surface area contributed by atoms with Crippen molar-refractivity contribution in [2.45, 2.75) is 132 Å². The molecular weight excluding hydrogens is 603 g/mol. The fourth-order valence-corrected chi connectivity index (χ4v) is 11.2. The normalized spacial score (nSPS) is 40.4. The Morgan fingerprint density at radius 1 is 0.667 bits per heavy atom. The maximum Gasteiger partial charge on any atom is 2.00 e. The quantitative estimate of drug-likeness (QED) is 0.309. The molecule has 5 heteroatoms. The number of aliphatic carboxylic acids is 2. The van der Waals surface area contributed by atoms with Crippen molar-refractivity contribution in [2.75, 3.05) is 0 Å². The predicted octanol–water partition coefficient (Wildman–Crippen LogP) is 7.74. The summed E-state index contributed by atoms with van der Waals surface area (Å²) < 4.78 is 0. The second-order valence-corrected chi connectivity index (χ2v) is 17.0. The molecule has 6 aliphatic rings. The van der Waals surface area contributed by atoms with Gasteiger partial charge in [0.1, 0.15) is 0 Å². The summed E-state index contributed by atoms with van der Waals surface area (Å²) >= 11 is 0. The van der Waals surface area contributed by atoms with Gasteiger partial charge in [-0.1, -0.05) is 104 Å². The summed E-state index contributed by atoms with van der Waals surface area (Å²) in [5, 5.41) is 23.7. The average Bonchev–Trinajstić information content (AvgIpc) is 2.96. The molecule has 0 aromatic rings. The third kappa shape index (κ3) is 6.12. The van der Waals surface area contributed by atoms with Gasteiger partial charge in [-0.2, -0.15) is 0 Å². The van der Waals surface area contributed by atoms with Crippen LogP contribution in [0.4, 0.5) is 0 Å². The van der Waals surface area contributed by atoms with Gasteiger partial charge < -0.3 is 19.8 Å². The van der Waals surface area contributed by atoms with Crippen molar-refractivity contribution in [3.8, 4) is 0 Å². The van der Waals surface area contributed by atoms with Crippen LogP contribution in [0, 0.1) is 57.2 Å². The van der Waals surface area contributed by atoms with Crippen LogP contribution in [0.5, 0.6) is 0 Å². The van der Waals surface area contributed by atoms with Crippen molar-refractivity contribution in [1.29, 1.82) is 0 Å². The van der Waals surface area contributed by atoms with E-state index in [1.807, 2.05) is 13.8 Å². The molecule has 0 amide bonds. The molecule has 251 valence electrons. The largest absolute Gasteiger partial charge is 2.00 e. The van der Waals surface area contributed by atoms with Crippen molar-refractivity contribution in [3.63, 3.8) is 0 Å². The minimum absolute atomic E-state index is 0. The Hall–Kier alpha value is -1.59. The van der Waals surface area contributed by atoms with E-state index in [0.717, 1.165) is 51.4 Å². The number of rotatable bonds is 4. The van der Waals surface area contributed by atoms with E-state index < -0.39 is 22.8 Å². The van der Waals surface area contributed by atoms with E-state index in [2.05, 4.69) is 65.8 Å². The minimum Gasteiger partial charge on any atom is -0.550 e. The molecule has 2 saturated carbocycles. The van der Waals surface area contributed by atoms with Gasteiger partial charge in [-0.25, -0.2) is 0 Å². The number of carbonyl (C=O) groups is 2. The Kier molecular flexibility index (Phi) is 10.6. The van der Waals surface area contributed by atoms with Crippen molar-refractivity contribution >= 4 is 11.9 Å². The molecule has 1 radical (unpaired) electrons. The first-order valence-corrected chi connectivity index (χ1v) is 17.8. The van der Waals surface area contributed by atoms with Crippen molar-refractivity contribution in [3.05, 3.63) is 46.6 Å². The molecule has 0 heterocycles. The maximum absolute atomic E-state index is 11.8. The average molecular weight is 662 g/mol. The van der Waals surface area contributed by atoms with Gasteiger partial charge in [-0.05, 0) is 122 Å². The molecule has 0 N–H and O–H groups in total. The van der Waals surface area contributed by atoms with Gasteiger partial charge >= 0.3 is 16.8 Å². The van der Waals surface area contributed by atoms with E-state index in [1.54, 1.807) is 11.1 Å². The summed E-state index contributed by atoms with van der Waals surface area (Å²) in [6, 6.07) is 0. The van der Waals surface area contributed by atoms with Crippen LogP contribution in [0.1, 0.15) is 132 Å². The SMILES string of the molecule is CC(C)C1=CC2=CCC3C(C)(C(=O)[O-])CCCC3(C)C2CC1.CC(C)C1=CC2=CCC3C(C)(C(=O)[O-])CCCC3(C)C2CC1.[Co+2]. The van der Waals surface area contributed by atoms with Crippen LogP contribution >= 0.6 is 0 Å². The molecular formula is C40H58CoO4. The second kappa shape index (κ2) is 13.1. The number of fused-ring (bicyclic) bond motifs is 6. The minimum atomic E-state index is -0.838. The molecule has 0 spiro atoms. The molecule has 8 atom stereocenters. The summed E-state index contributed by atoms with van der Waals surface area (Å²) in [6.45, 7) is 17.7. The Bertz CT molecular complexity index is 1190. The molecule has 4 nitrogen and oxygen atoms in total. The summed E-state index contributed by atoms with van der Waals surface area (Å²) in [4.78, 5) is 23.7. The summed E-state index contributed by atoms with van der Waals surface area (Å²) in [5.74, 6) is 1.08. The van der Waals surface area contributed by atoms with Crippen LogP contribution in [0.15, 0.2) is 46.6 Å². The zero-order chi connectivity index (χ0) is 32.2. The fraction of sp³-hybridized carbons (Fsp3) is 0.750. The van der Waals surface area contributed by atoms with Crippen LogP contribution in [0.3, 0.4) is 0 Å². The number of hydrogen-bond acceptors (Lipinski definition) is 4. The van der Waals surface area contributed by atoms with Crippen LogP contribution in [-0.4, -0.2) is 11.9 Å². The van der Waals surface area contributed by atoms with E-state index in [1.165, 1.54) is 36.8 Å². The van der Waals surface area contributed by atoms with Crippen molar-refractivity contribution < 1.29 is 36.6 Å². The zero-order valence-electron chi connectivity index (χ0n) is 29.2. The van der Waals surface area contributed by atoms with Gasteiger partial charge in [0.2, 0.25) is 0 Å². The van der Waals surface area contributed by atoms with Gasteiger partial charge in [-0.3, -0.25) is 0 Å². The van der Waals surface area contributed by atoms with Gasteiger partial charge in [0, 0.05) is 22.8 Å². The number of allylic oxidation sites excluding steroid dienone is 8. The Balaban J connectivity index is 0.000000200. The summed E-state index contributed by atoms with van der Waals surface area (Å²) in [7, 11) is 0. The van der Waals surface area contributed by atoms with Gasteiger partial charge in [0.25, 0.3) is 0 Å². The zero-order valence-corrected chi connectivity index (χ0v) is 30.3. The Labute approximate surface area is 283 Å². The monoisotopic (exact) mass is 661 g/mol. The van der Waals surface area contributed by atoms with Crippen molar-refractivity contribution in [1.82, 2.24) is 0 Å². The Morgan fingerprint density at radius 3 is 1.33 bits per heavy atom. The van der Waals surface area contributed by atoms with Gasteiger partial charge in [-0.15, -0.1) is 0 Å². The van der Waals surface area contributed by atoms with E-state index >= 15 is 0 Å².